The number of hydrogen-bond acceptors (Lipinski definition) is 4. The SMILES string of the molecule is Cl.N#Cc1cccc2c1NC(=O)[C@@]21CN[C@H](C(N)=O)C1. The molecular weight excluding hydrogens is 280 g/mol. The van der Waals surface area contributed by atoms with Gasteiger partial charge in [0, 0.05) is 6.54 Å². The first-order valence-electron chi connectivity index (χ1n) is 5.96. The number of para-hydroxylation sites is 1. The second-order valence-electron chi connectivity index (χ2n) is 4.92. The topological polar surface area (TPSA) is 108 Å². The summed E-state index contributed by atoms with van der Waals surface area (Å²) in [5, 5.41) is 14.8. The molecule has 0 saturated carbocycles. The molecular formula is C13H13ClN4O2. The van der Waals surface area contributed by atoms with E-state index in [9.17, 15) is 9.59 Å². The molecule has 1 aromatic carbocycles. The molecule has 4 N–H and O–H groups in total. The normalized spacial score (nSPS) is 26.6. The maximum absolute atomic E-state index is 12.3. The smallest absolute Gasteiger partial charge is 0.236 e. The van der Waals surface area contributed by atoms with E-state index in [1.54, 1.807) is 12.1 Å². The van der Waals surface area contributed by atoms with Crippen LogP contribution in [0.15, 0.2) is 18.2 Å². The average Bonchev–Trinajstić information content (AvgIpc) is 2.95. The Hall–Kier alpha value is -2.10. The Bertz CT molecular complexity index is 640. The van der Waals surface area contributed by atoms with Crippen molar-refractivity contribution in [2.75, 3.05) is 11.9 Å². The molecule has 104 valence electrons. The van der Waals surface area contributed by atoms with E-state index in [0.29, 0.717) is 24.2 Å². The number of anilines is 1. The number of nitriles is 1. The Balaban J connectivity index is 0.00000147. The van der Waals surface area contributed by atoms with Crippen LogP contribution in [0.4, 0.5) is 5.69 Å². The zero-order valence-corrected chi connectivity index (χ0v) is 11.3. The molecule has 2 amide bonds. The van der Waals surface area contributed by atoms with Gasteiger partial charge in [0.15, 0.2) is 0 Å². The van der Waals surface area contributed by atoms with E-state index < -0.39 is 17.4 Å². The van der Waals surface area contributed by atoms with Gasteiger partial charge in [0.05, 0.1) is 22.7 Å². The second kappa shape index (κ2) is 4.78. The van der Waals surface area contributed by atoms with Crippen molar-refractivity contribution in [2.24, 2.45) is 5.73 Å². The maximum Gasteiger partial charge on any atom is 0.236 e. The molecule has 2 heterocycles. The Morgan fingerprint density at radius 1 is 1.50 bits per heavy atom. The van der Waals surface area contributed by atoms with Gasteiger partial charge < -0.3 is 16.4 Å². The highest BCUT2D eigenvalue weighted by Crippen LogP contribution is 2.44. The van der Waals surface area contributed by atoms with E-state index >= 15 is 0 Å². The van der Waals surface area contributed by atoms with Crippen LogP contribution in [0.25, 0.3) is 0 Å². The van der Waals surface area contributed by atoms with Crippen molar-refractivity contribution in [1.82, 2.24) is 5.32 Å². The molecule has 2 atom stereocenters. The summed E-state index contributed by atoms with van der Waals surface area (Å²) in [6, 6.07) is 6.77. The number of carbonyl (C=O) groups is 2. The number of primary amides is 1. The average molecular weight is 293 g/mol. The highest BCUT2D eigenvalue weighted by atomic mass is 35.5. The van der Waals surface area contributed by atoms with Crippen molar-refractivity contribution < 1.29 is 9.59 Å². The summed E-state index contributed by atoms with van der Waals surface area (Å²) in [5.41, 5.74) is 6.26. The second-order valence-corrected chi connectivity index (χ2v) is 4.92. The van der Waals surface area contributed by atoms with Crippen LogP contribution in [0.3, 0.4) is 0 Å². The number of nitrogens with two attached hydrogens (primary N) is 1. The van der Waals surface area contributed by atoms with E-state index in [1.165, 1.54) is 0 Å². The van der Waals surface area contributed by atoms with Gasteiger partial charge in [-0.3, -0.25) is 9.59 Å². The lowest BCUT2D eigenvalue weighted by atomic mass is 9.79. The van der Waals surface area contributed by atoms with Crippen LogP contribution in [0.5, 0.6) is 0 Å². The van der Waals surface area contributed by atoms with Crippen molar-refractivity contribution in [3.63, 3.8) is 0 Å². The van der Waals surface area contributed by atoms with Gasteiger partial charge in [-0.25, -0.2) is 0 Å². The standard InChI is InChI=1S/C13H12N4O2.ClH/c14-5-7-2-1-3-8-10(7)17-12(19)13(8)4-9(11(15)18)16-6-13;/h1-3,9,16H,4,6H2,(H2,15,18)(H,17,19);1H/t9-,13-;/m0./s1. The lowest BCUT2D eigenvalue weighted by molar-refractivity contribution is -0.120. The maximum atomic E-state index is 12.3. The molecule has 0 radical (unpaired) electrons. The fourth-order valence-corrected chi connectivity index (χ4v) is 2.90. The number of fused-ring (bicyclic) bond motifs is 2. The first-order chi connectivity index (χ1) is 9.08. The largest absolute Gasteiger partial charge is 0.368 e. The van der Waals surface area contributed by atoms with Crippen LogP contribution in [0.1, 0.15) is 17.5 Å². The van der Waals surface area contributed by atoms with Crippen LogP contribution in [0.2, 0.25) is 0 Å². The van der Waals surface area contributed by atoms with Gasteiger partial charge in [0.25, 0.3) is 0 Å². The zero-order chi connectivity index (χ0) is 13.6. The summed E-state index contributed by atoms with van der Waals surface area (Å²) in [5.74, 6) is -0.643. The van der Waals surface area contributed by atoms with Crippen LogP contribution in [-0.2, 0) is 15.0 Å². The molecule has 1 spiro atoms. The number of rotatable bonds is 1. The van der Waals surface area contributed by atoms with Crippen molar-refractivity contribution in [1.29, 1.82) is 5.26 Å². The molecule has 1 fully saturated rings. The zero-order valence-electron chi connectivity index (χ0n) is 10.5. The fourth-order valence-electron chi connectivity index (χ4n) is 2.90. The van der Waals surface area contributed by atoms with E-state index in [2.05, 4.69) is 16.7 Å². The minimum absolute atomic E-state index is 0. The number of nitrogens with one attached hydrogen (secondary N) is 2. The molecule has 7 heteroatoms. The Kier molecular flexibility index (Phi) is 3.42. The van der Waals surface area contributed by atoms with E-state index in [4.69, 9.17) is 11.0 Å². The van der Waals surface area contributed by atoms with Crippen molar-refractivity contribution in [3.8, 4) is 6.07 Å². The lowest BCUT2D eigenvalue weighted by Crippen LogP contribution is -2.36. The molecule has 6 nitrogen and oxygen atoms in total. The molecule has 1 saturated heterocycles. The number of halogens is 1. The van der Waals surface area contributed by atoms with Gasteiger partial charge in [0.1, 0.15) is 6.07 Å². The minimum Gasteiger partial charge on any atom is -0.368 e. The quantitative estimate of drug-likeness (QED) is 0.678. The third-order valence-corrected chi connectivity index (χ3v) is 3.92. The predicted molar refractivity (Wildman–Crippen MR) is 74.3 cm³/mol. The molecule has 3 rings (SSSR count). The van der Waals surface area contributed by atoms with Gasteiger partial charge in [0.2, 0.25) is 11.8 Å². The third kappa shape index (κ3) is 1.75. The highest BCUT2D eigenvalue weighted by molar-refractivity contribution is 6.08. The van der Waals surface area contributed by atoms with Crippen molar-refractivity contribution in [2.45, 2.75) is 17.9 Å². The van der Waals surface area contributed by atoms with Gasteiger partial charge >= 0.3 is 0 Å². The summed E-state index contributed by atoms with van der Waals surface area (Å²) in [7, 11) is 0. The monoisotopic (exact) mass is 292 g/mol. The third-order valence-electron chi connectivity index (χ3n) is 3.92. The number of carbonyl (C=O) groups excluding carboxylic acids is 2. The molecule has 0 unspecified atom stereocenters. The number of nitrogens with zero attached hydrogens (tertiary/aromatic N) is 1. The molecule has 0 aromatic heterocycles. The summed E-state index contributed by atoms with van der Waals surface area (Å²) < 4.78 is 0. The van der Waals surface area contributed by atoms with Crippen LogP contribution >= 0.6 is 12.4 Å². The molecule has 0 bridgehead atoms. The van der Waals surface area contributed by atoms with E-state index in [1.807, 2.05) is 6.07 Å². The highest BCUT2D eigenvalue weighted by Gasteiger charge is 2.53. The van der Waals surface area contributed by atoms with Crippen molar-refractivity contribution in [3.05, 3.63) is 29.3 Å². The van der Waals surface area contributed by atoms with E-state index in [0.717, 1.165) is 5.56 Å². The predicted octanol–water partition coefficient (Wildman–Crippen LogP) is 0.0172. The molecule has 0 aliphatic carbocycles. The van der Waals surface area contributed by atoms with Gasteiger partial charge in [-0.05, 0) is 18.1 Å². The molecule has 20 heavy (non-hydrogen) atoms. The Morgan fingerprint density at radius 3 is 2.85 bits per heavy atom. The van der Waals surface area contributed by atoms with E-state index in [-0.39, 0.29) is 18.3 Å². The van der Waals surface area contributed by atoms with Crippen LogP contribution in [-0.4, -0.2) is 24.4 Å². The first kappa shape index (κ1) is 14.3. The summed E-state index contributed by atoms with van der Waals surface area (Å²) >= 11 is 0. The number of amides is 2. The number of benzene rings is 1. The molecule has 2 aliphatic rings. The minimum atomic E-state index is -0.790. The summed E-state index contributed by atoms with van der Waals surface area (Å²) in [4.78, 5) is 23.5. The van der Waals surface area contributed by atoms with Crippen LogP contribution < -0.4 is 16.4 Å². The molecule has 1 aromatic rings. The number of hydrogen-bond donors (Lipinski definition) is 3. The van der Waals surface area contributed by atoms with Gasteiger partial charge in [-0.15, -0.1) is 12.4 Å². The van der Waals surface area contributed by atoms with Crippen molar-refractivity contribution >= 4 is 29.9 Å². The van der Waals surface area contributed by atoms with Gasteiger partial charge in [-0.2, -0.15) is 5.26 Å². The Morgan fingerprint density at radius 2 is 2.25 bits per heavy atom. The van der Waals surface area contributed by atoms with Gasteiger partial charge in [-0.1, -0.05) is 12.1 Å². The van der Waals surface area contributed by atoms with Crippen LogP contribution in [0, 0.1) is 11.3 Å². The Labute approximate surface area is 121 Å². The molecule has 2 aliphatic heterocycles. The first-order valence-corrected chi connectivity index (χ1v) is 5.96. The fraction of sp³-hybridized carbons (Fsp3) is 0.308. The lowest BCUT2D eigenvalue weighted by Gasteiger charge is -2.19. The summed E-state index contributed by atoms with van der Waals surface area (Å²) in [6.45, 7) is 0.355. The summed E-state index contributed by atoms with van der Waals surface area (Å²) in [6.07, 6.45) is 0.329.